The molecule has 0 saturated carbocycles. The number of pyridine rings is 2. The first-order valence-corrected chi connectivity index (χ1v) is 24.9. The molecule has 4 heterocycles. The zero-order valence-corrected chi connectivity index (χ0v) is 40.5. The zero-order valence-electron chi connectivity index (χ0n) is 40.1. The summed E-state index contributed by atoms with van der Waals surface area (Å²) in [5.74, 6) is 1.84. The monoisotopic (exact) mass is 1010 g/mol. The maximum atomic E-state index is 7.83. The van der Waals surface area contributed by atoms with Gasteiger partial charge in [0.05, 0.1) is 30.5 Å². The van der Waals surface area contributed by atoms with Gasteiger partial charge in [-0.15, -0.1) is 54.1 Å². The number of hydrogen-bond donors (Lipinski definition) is 0. The van der Waals surface area contributed by atoms with Crippen LogP contribution in [0, 0.1) is 24.9 Å². The van der Waals surface area contributed by atoms with Gasteiger partial charge in [0.25, 0.3) is 0 Å². The summed E-state index contributed by atoms with van der Waals surface area (Å²) in [5.41, 5.74) is 13.0. The first-order chi connectivity index (χ1) is 30.5. The van der Waals surface area contributed by atoms with Crippen LogP contribution >= 0.6 is 0 Å². The van der Waals surface area contributed by atoms with Crippen LogP contribution in [0.25, 0.3) is 72.6 Å². The fourth-order valence-corrected chi connectivity index (χ4v) is 9.89. The van der Waals surface area contributed by atoms with Gasteiger partial charge in [-0.2, -0.15) is 0 Å². The molecule has 9 rings (SSSR count). The molecule has 0 amide bonds. The standard InChI is InChI=1S/C37H32N3O.C18H24NSi.Ir/c1-22(2)30-20-26(25-12-7-6-8-13-25)21-31(23(3)4)34(30)40-33-17-10-9-16-32(33)39-36(40)29-15-11-14-27-28-19-18-24(5)38-37(28)41-35(27)29;1-14(2)11-16-12-17(15-9-7-6-8-10-15)19-13-18(16)20(3,4)5;/h6-14,16-23H,1-5H3;6-9,12-14H,11H2,1-5H3;/q2*-1;/i5D3;;. The maximum Gasteiger partial charge on any atom is 0.216 e. The van der Waals surface area contributed by atoms with Crippen molar-refractivity contribution < 1.29 is 28.6 Å². The van der Waals surface area contributed by atoms with E-state index in [0.29, 0.717) is 22.9 Å². The van der Waals surface area contributed by atoms with Gasteiger partial charge in [-0.1, -0.05) is 126 Å². The quantitative estimate of drug-likeness (QED) is 0.107. The van der Waals surface area contributed by atoms with Crippen molar-refractivity contribution in [2.24, 2.45) is 5.92 Å². The van der Waals surface area contributed by atoms with Crippen LogP contribution in [0.4, 0.5) is 0 Å². The maximum absolute atomic E-state index is 7.83. The topological polar surface area (TPSA) is 56.7 Å². The minimum absolute atomic E-state index is 0. The van der Waals surface area contributed by atoms with Crippen molar-refractivity contribution in [1.29, 1.82) is 0 Å². The number of furan rings is 1. The molecule has 62 heavy (non-hydrogen) atoms. The number of para-hydroxylation sites is 2. The second-order valence-electron chi connectivity index (χ2n) is 18.0. The molecule has 0 spiro atoms. The number of rotatable bonds is 9. The molecule has 0 fully saturated rings. The van der Waals surface area contributed by atoms with Gasteiger partial charge in [0.1, 0.15) is 0 Å². The van der Waals surface area contributed by atoms with Crippen molar-refractivity contribution in [1.82, 2.24) is 19.5 Å². The minimum atomic E-state index is -2.33. The normalized spacial score (nSPS) is 12.7. The first-order valence-electron chi connectivity index (χ1n) is 22.9. The molecule has 0 aliphatic rings. The van der Waals surface area contributed by atoms with E-state index < -0.39 is 14.9 Å². The second-order valence-corrected chi connectivity index (χ2v) is 23.1. The van der Waals surface area contributed by atoms with Crippen LogP contribution in [0.15, 0.2) is 132 Å². The van der Waals surface area contributed by atoms with Gasteiger partial charge < -0.3 is 14.0 Å². The Morgan fingerprint density at radius 2 is 1.44 bits per heavy atom. The van der Waals surface area contributed by atoms with Crippen molar-refractivity contribution >= 4 is 46.4 Å². The molecule has 0 saturated heterocycles. The Balaban J connectivity index is 0.000000253. The van der Waals surface area contributed by atoms with Crippen LogP contribution in [0.2, 0.25) is 19.6 Å². The third-order valence-corrected chi connectivity index (χ3v) is 13.3. The van der Waals surface area contributed by atoms with Gasteiger partial charge in [0, 0.05) is 47.2 Å². The summed E-state index contributed by atoms with van der Waals surface area (Å²) in [7, 11) is -1.34. The summed E-state index contributed by atoms with van der Waals surface area (Å²) >= 11 is 0. The summed E-state index contributed by atoms with van der Waals surface area (Å²) in [6, 6.07) is 47.5. The molecule has 5 aromatic carbocycles. The Morgan fingerprint density at radius 1 is 0.726 bits per heavy atom. The van der Waals surface area contributed by atoms with Crippen LogP contribution in [-0.2, 0) is 26.5 Å². The summed E-state index contributed by atoms with van der Waals surface area (Å²) in [6.45, 7) is 18.3. The van der Waals surface area contributed by atoms with Crippen LogP contribution in [0.3, 0.4) is 0 Å². The molecular formula is C55H56IrN4OSi-2. The Labute approximate surface area is 386 Å². The summed E-state index contributed by atoms with van der Waals surface area (Å²) in [6.07, 6.45) is 3.24. The number of nitrogens with zero attached hydrogens (tertiary/aromatic N) is 4. The number of aryl methyl sites for hydroxylation is 1. The Kier molecular flexibility index (Phi) is 12.1. The molecule has 0 aliphatic heterocycles. The SMILES string of the molecule is CC(C)Cc1cc(-c2[c-]cccc2)ncc1[Si](C)(C)C.[2H]C([2H])([2H])c1ccc2c(n1)oc1c(-c3nc4ccccc4n3-c3c(C(C)C)cc(-c4ccccc4)cc3C(C)C)[c-]ccc12.[Ir]. The van der Waals surface area contributed by atoms with Crippen molar-refractivity contribution in [2.75, 3.05) is 0 Å². The molecule has 1 radical (unpaired) electrons. The molecule has 9 aromatic rings. The molecular weight excluding hydrogens is 953 g/mol. The molecule has 317 valence electrons. The fraction of sp³-hybridized carbons (Fsp3) is 0.255. The van der Waals surface area contributed by atoms with E-state index in [-0.39, 0.29) is 43.3 Å². The van der Waals surface area contributed by atoms with Crippen LogP contribution < -0.4 is 5.19 Å². The largest absolute Gasteiger partial charge is 0.486 e. The predicted octanol–water partition coefficient (Wildman–Crippen LogP) is 14.3. The number of aromatic nitrogens is 4. The van der Waals surface area contributed by atoms with E-state index in [9.17, 15) is 0 Å². The van der Waals surface area contributed by atoms with Gasteiger partial charge in [-0.25, -0.2) is 4.98 Å². The van der Waals surface area contributed by atoms with E-state index >= 15 is 0 Å². The zero-order chi connectivity index (χ0) is 45.5. The molecule has 4 aromatic heterocycles. The average molecular weight is 1010 g/mol. The molecule has 7 heteroatoms. The Morgan fingerprint density at radius 3 is 2.10 bits per heavy atom. The second kappa shape index (κ2) is 18.5. The van der Waals surface area contributed by atoms with Crippen molar-refractivity contribution in [3.63, 3.8) is 0 Å². The Bertz CT molecular complexity index is 3070. The van der Waals surface area contributed by atoms with E-state index in [1.165, 1.54) is 33.0 Å². The first kappa shape index (κ1) is 40.6. The predicted molar refractivity (Wildman–Crippen MR) is 259 cm³/mol. The van der Waals surface area contributed by atoms with E-state index in [1.807, 2.05) is 54.6 Å². The van der Waals surface area contributed by atoms with Crippen molar-refractivity contribution in [2.45, 2.75) is 86.3 Å². The van der Waals surface area contributed by atoms with Gasteiger partial charge in [0.15, 0.2) is 0 Å². The van der Waals surface area contributed by atoms with Gasteiger partial charge in [0.2, 0.25) is 5.71 Å². The third-order valence-electron chi connectivity index (χ3n) is 11.2. The summed E-state index contributed by atoms with van der Waals surface area (Å²) in [4.78, 5) is 14.3. The van der Waals surface area contributed by atoms with E-state index in [1.54, 1.807) is 12.1 Å². The van der Waals surface area contributed by atoms with Crippen LogP contribution in [0.5, 0.6) is 0 Å². The fourth-order valence-electron chi connectivity index (χ4n) is 8.31. The number of imidazole rings is 1. The summed E-state index contributed by atoms with van der Waals surface area (Å²) in [5, 5.41) is 3.08. The van der Waals surface area contributed by atoms with E-state index in [2.05, 4.69) is 149 Å². The van der Waals surface area contributed by atoms with Crippen molar-refractivity contribution in [3.8, 4) is 39.5 Å². The molecule has 0 N–H and O–H groups in total. The number of hydrogen-bond acceptors (Lipinski definition) is 4. The van der Waals surface area contributed by atoms with Crippen molar-refractivity contribution in [3.05, 3.63) is 162 Å². The van der Waals surface area contributed by atoms with E-state index in [4.69, 9.17) is 13.5 Å². The van der Waals surface area contributed by atoms with Crippen LogP contribution in [0.1, 0.15) is 79.9 Å². The number of fused-ring (bicyclic) bond motifs is 4. The van der Waals surface area contributed by atoms with Gasteiger partial charge in [-0.05, 0) is 101 Å². The summed E-state index contributed by atoms with van der Waals surface area (Å²) < 4.78 is 32.1. The molecule has 5 nitrogen and oxygen atoms in total. The minimum Gasteiger partial charge on any atom is -0.486 e. The van der Waals surface area contributed by atoms with Gasteiger partial charge in [-0.3, -0.25) is 4.98 Å². The average Bonchev–Trinajstić information content (AvgIpc) is 3.84. The number of benzene rings is 5. The molecule has 0 aliphatic carbocycles. The smallest absolute Gasteiger partial charge is 0.216 e. The van der Waals surface area contributed by atoms with Crippen LogP contribution in [-0.4, -0.2) is 27.6 Å². The Hall–Kier alpha value is -5.46. The molecule has 0 atom stereocenters. The third kappa shape index (κ3) is 9.03. The van der Waals surface area contributed by atoms with Gasteiger partial charge >= 0.3 is 0 Å². The van der Waals surface area contributed by atoms with E-state index in [0.717, 1.165) is 45.2 Å². The molecule has 0 bridgehead atoms. The molecule has 0 unspecified atom stereocenters.